The molecule has 0 heterocycles. The number of benzene rings is 1. The van der Waals surface area contributed by atoms with Crippen LogP contribution >= 0.6 is 0 Å². The monoisotopic (exact) mass is 235 g/mol. The van der Waals surface area contributed by atoms with Gasteiger partial charge in [-0.15, -0.1) is 0 Å². The largest absolute Gasteiger partial charge is 0.456 e. The van der Waals surface area contributed by atoms with E-state index in [-0.39, 0.29) is 5.97 Å². The molecule has 0 spiro atoms. The van der Waals surface area contributed by atoms with Crippen LogP contribution in [0.25, 0.3) is 0 Å². The van der Waals surface area contributed by atoms with Crippen molar-refractivity contribution in [3.63, 3.8) is 0 Å². The fourth-order valence-electron chi connectivity index (χ4n) is 1.37. The van der Waals surface area contributed by atoms with Crippen molar-refractivity contribution in [2.24, 2.45) is 5.73 Å². The second kappa shape index (κ2) is 4.49. The summed E-state index contributed by atoms with van der Waals surface area (Å²) in [7, 11) is 0. The minimum atomic E-state index is -0.469. The first-order valence-corrected chi connectivity index (χ1v) is 5.72. The predicted octanol–water partition coefficient (Wildman–Crippen LogP) is 2.84. The van der Waals surface area contributed by atoms with Crippen LogP contribution in [-0.2, 0) is 10.3 Å². The fraction of sp³-hybridized carbons (Fsp3) is 0.500. The maximum absolute atomic E-state index is 11.8. The number of carbonyl (C=O) groups excluding carboxylic acids is 1. The van der Waals surface area contributed by atoms with Gasteiger partial charge in [-0.1, -0.05) is 12.1 Å². The molecule has 3 heteroatoms. The second-order valence-corrected chi connectivity index (χ2v) is 5.80. The van der Waals surface area contributed by atoms with Crippen LogP contribution in [-0.4, -0.2) is 11.6 Å². The van der Waals surface area contributed by atoms with Crippen LogP contribution < -0.4 is 5.73 Å². The second-order valence-electron chi connectivity index (χ2n) is 5.80. The lowest BCUT2D eigenvalue weighted by Crippen LogP contribution is -2.28. The molecule has 0 saturated carbocycles. The summed E-state index contributed by atoms with van der Waals surface area (Å²) < 4.78 is 5.28. The molecule has 2 N–H and O–H groups in total. The highest BCUT2D eigenvalue weighted by Gasteiger charge is 2.19. The average Bonchev–Trinajstić information content (AvgIpc) is 2.14. The van der Waals surface area contributed by atoms with Gasteiger partial charge in [0.15, 0.2) is 0 Å². The Bertz CT molecular complexity index is 394. The molecule has 0 aromatic heterocycles. The van der Waals surface area contributed by atoms with Gasteiger partial charge in [-0.3, -0.25) is 0 Å². The van der Waals surface area contributed by atoms with Gasteiger partial charge in [-0.25, -0.2) is 4.79 Å². The van der Waals surface area contributed by atoms with Crippen molar-refractivity contribution < 1.29 is 9.53 Å². The van der Waals surface area contributed by atoms with Crippen LogP contribution in [0.2, 0.25) is 0 Å². The Hall–Kier alpha value is -1.35. The summed E-state index contributed by atoms with van der Waals surface area (Å²) in [4.78, 5) is 11.8. The molecule has 0 unspecified atom stereocenters. The molecule has 0 aliphatic carbocycles. The SMILES string of the molecule is CC(C)(C)OC(=O)c1ccc(C(C)(C)N)cc1. The Kier molecular flexibility index (Phi) is 3.62. The van der Waals surface area contributed by atoms with Crippen molar-refractivity contribution in [2.45, 2.75) is 45.8 Å². The molecular formula is C14H21NO2. The minimum Gasteiger partial charge on any atom is -0.456 e. The summed E-state index contributed by atoms with van der Waals surface area (Å²) in [6, 6.07) is 7.22. The van der Waals surface area contributed by atoms with Crippen LogP contribution in [0.15, 0.2) is 24.3 Å². The first-order valence-electron chi connectivity index (χ1n) is 5.72. The van der Waals surface area contributed by atoms with Crippen molar-refractivity contribution >= 4 is 5.97 Å². The Balaban J connectivity index is 2.85. The zero-order chi connectivity index (χ0) is 13.3. The quantitative estimate of drug-likeness (QED) is 0.802. The van der Waals surface area contributed by atoms with E-state index in [1.54, 1.807) is 12.1 Å². The van der Waals surface area contributed by atoms with E-state index in [4.69, 9.17) is 10.5 Å². The van der Waals surface area contributed by atoms with Crippen molar-refractivity contribution in [1.29, 1.82) is 0 Å². The maximum atomic E-state index is 11.8. The van der Waals surface area contributed by atoms with E-state index in [1.807, 2.05) is 46.8 Å². The van der Waals surface area contributed by atoms with Gasteiger partial charge in [-0.2, -0.15) is 0 Å². The summed E-state index contributed by atoms with van der Waals surface area (Å²) in [6.07, 6.45) is 0. The molecule has 0 bridgehead atoms. The van der Waals surface area contributed by atoms with Crippen molar-refractivity contribution in [2.75, 3.05) is 0 Å². The normalized spacial score (nSPS) is 12.4. The highest BCUT2D eigenvalue weighted by atomic mass is 16.6. The van der Waals surface area contributed by atoms with E-state index in [9.17, 15) is 4.79 Å². The highest BCUT2D eigenvalue weighted by Crippen LogP contribution is 2.18. The summed E-state index contributed by atoms with van der Waals surface area (Å²) >= 11 is 0. The Labute approximate surface area is 103 Å². The number of nitrogens with two attached hydrogens (primary N) is 1. The number of ether oxygens (including phenoxy) is 1. The average molecular weight is 235 g/mol. The summed E-state index contributed by atoms with van der Waals surface area (Å²) in [5.41, 5.74) is 6.64. The van der Waals surface area contributed by atoms with Gasteiger partial charge < -0.3 is 10.5 Å². The van der Waals surface area contributed by atoms with Crippen molar-refractivity contribution in [3.8, 4) is 0 Å². The fourth-order valence-corrected chi connectivity index (χ4v) is 1.37. The number of esters is 1. The third kappa shape index (κ3) is 4.19. The zero-order valence-electron chi connectivity index (χ0n) is 11.2. The van der Waals surface area contributed by atoms with Crippen LogP contribution in [0.5, 0.6) is 0 Å². The van der Waals surface area contributed by atoms with Gasteiger partial charge in [0, 0.05) is 5.54 Å². The first-order chi connectivity index (χ1) is 7.59. The number of hydrogen-bond acceptors (Lipinski definition) is 3. The summed E-state index contributed by atoms with van der Waals surface area (Å²) in [6.45, 7) is 9.40. The predicted molar refractivity (Wildman–Crippen MR) is 68.8 cm³/mol. The standard InChI is InChI=1S/C14H21NO2/c1-13(2,3)17-12(16)10-6-8-11(9-7-10)14(4,5)15/h6-9H,15H2,1-5H3. The summed E-state index contributed by atoms with van der Waals surface area (Å²) in [5, 5.41) is 0. The third-order valence-corrected chi connectivity index (χ3v) is 2.26. The van der Waals surface area contributed by atoms with Gasteiger partial charge in [-0.05, 0) is 52.3 Å². The minimum absolute atomic E-state index is 0.307. The lowest BCUT2D eigenvalue weighted by atomic mass is 9.95. The van der Waals surface area contributed by atoms with Gasteiger partial charge in [0.25, 0.3) is 0 Å². The molecule has 1 aromatic rings. The van der Waals surface area contributed by atoms with Crippen LogP contribution in [0, 0.1) is 0 Å². The van der Waals surface area contributed by atoms with Gasteiger partial charge >= 0.3 is 5.97 Å². The molecule has 0 atom stereocenters. The lowest BCUT2D eigenvalue weighted by molar-refractivity contribution is 0.00695. The Morgan fingerprint density at radius 1 is 1.06 bits per heavy atom. The van der Waals surface area contributed by atoms with Crippen LogP contribution in [0.4, 0.5) is 0 Å². The molecule has 1 aromatic carbocycles. The number of rotatable bonds is 2. The Morgan fingerprint density at radius 2 is 1.53 bits per heavy atom. The van der Waals surface area contributed by atoms with Gasteiger partial charge in [0.05, 0.1) is 5.56 Å². The molecule has 0 aliphatic heterocycles. The van der Waals surface area contributed by atoms with E-state index in [0.29, 0.717) is 5.56 Å². The zero-order valence-corrected chi connectivity index (χ0v) is 11.2. The van der Waals surface area contributed by atoms with E-state index < -0.39 is 11.1 Å². The van der Waals surface area contributed by atoms with Crippen molar-refractivity contribution in [1.82, 2.24) is 0 Å². The topological polar surface area (TPSA) is 52.3 Å². The van der Waals surface area contributed by atoms with E-state index in [1.165, 1.54) is 0 Å². The molecule has 0 fully saturated rings. The number of carbonyl (C=O) groups is 1. The van der Waals surface area contributed by atoms with E-state index >= 15 is 0 Å². The van der Waals surface area contributed by atoms with Crippen molar-refractivity contribution in [3.05, 3.63) is 35.4 Å². The van der Waals surface area contributed by atoms with E-state index in [0.717, 1.165) is 5.56 Å². The summed E-state index contributed by atoms with van der Waals surface area (Å²) in [5.74, 6) is -0.307. The van der Waals surface area contributed by atoms with Crippen LogP contribution in [0.1, 0.15) is 50.5 Å². The first kappa shape index (κ1) is 13.7. The highest BCUT2D eigenvalue weighted by molar-refractivity contribution is 5.89. The molecule has 0 amide bonds. The van der Waals surface area contributed by atoms with Gasteiger partial charge in [0.1, 0.15) is 5.60 Å². The van der Waals surface area contributed by atoms with Crippen LogP contribution in [0.3, 0.4) is 0 Å². The molecular weight excluding hydrogens is 214 g/mol. The van der Waals surface area contributed by atoms with Gasteiger partial charge in [0.2, 0.25) is 0 Å². The van der Waals surface area contributed by atoms with E-state index in [2.05, 4.69) is 0 Å². The maximum Gasteiger partial charge on any atom is 0.338 e. The molecule has 94 valence electrons. The molecule has 0 aliphatic rings. The Morgan fingerprint density at radius 3 is 1.88 bits per heavy atom. The molecule has 0 radical (unpaired) electrons. The molecule has 17 heavy (non-hydrogen) atoms. The molecule has 0 saturated heterocycles. The third-order valence-electron chi connectivity index (χ3n) is 2.26. The molecule has 1 rings (SSSR count). The smallest absolute Gasteiger partial charge is 0.338 e. The lowest BCUT2D eigenvalue weighted by Gasteiger charge is -2.21. The number of hydrogen-bond donors (Lipinski definition) is 1. The molecule has 3 nitrogen and oxygen atoms in total.